The molecule has 1 rings (SSSR count). The predicted octanol–water partition coefficient (Wildman–Crippen LogP) is 2.59. The Balaban J connectivity index is 2.30. The van der Waals surface area contributed by atoms with Gasteiger partial charge in [0.05, 0.1) is 0 Å². The summed E-state index contributed by atoms with van der Waals surface area (Å²) in [7, 11) is 0. The van der Waals surface area contributed by atoms with Crippen LogP contribution in [0.4, 0.5) is 0 Å². The molecule has 0 saturated heterocycles. The molecular formula is C5H8Cl2. The second-order valence-electron chi connectivity index (χ2n) is 2.07. The minimum atomic E-state index is -0.339. The highest BCUT2D eigenvalue weighted by Gasteiger charge is 2.49. The second kappa shape index (κ2) is 1.53. The predicted molar refractivity (Wildman–Crippen MR) is 32.8 cm³/mol. The first-order valence-electron chi connectivity index (χ1n) is 2.54. The Morgan fingerprint density at radius 1 is 1.71 bits per heavy atom. The summed E-state index contributed by atoms with van der Waals surface area (Å²) < 4.78 is -0.339. The highest BCUT2D eigenvalue weighted by Crippen LogP contribution is 2.54. The van der Waals surface area contributed by atoms with E-state index in [1.54, 1.807) is 0 Å². The number of alkyl halides is 2. The average molecular weight is 139 g/mol. The van der Waals surface area contributed by atoms with Crippen LogP contribution in [-0.2, 0) is 0 Å². The number of rotatable bonds is 1. The fourth-order valence-corrected chi connectivity index (χ4v) is 1.39. The minimum absolute atomic E-state index is 0.339. The third-order valence-electron chi connectivity index (χ3n) is 1.45. The van der Waals surface area contributed by atoms with Crippen LogP contribution >= 0.6 is 23.2 Å². The molecule has 1 saturated carbocycles. The van der Waals surface area contributed by atoms with E-state index in [0.29, 0.717) is 5.92 Å². The molecular weight excluding hydrogens is 131 g/mol. The summed E-state index contributed by atoms with van der Waals surface area (Å²) in [6.07, 6.45) is 2.11. The van der Waals surface area contributed by atoms with E-state index in [1.807, 2.05) is 0 Å². The number of hydrogen-bond donors (Lipinski definition) is 0. The maximum absolute atomic E-state index is 5.67. The van der Waals surface area contributed by atoms with E-state index in [0.717, 1.165) is 12.8 Å². The molecule has 7 heavy (non-hydrogen) atoms. The van der Waals surface area contributed by atoms with Gasteiger partial charge in [-0.2, -0.15) is 0 Å². The smallest absolute Gasteiger partial charge is 0.101 e. The first-order chi connectivity index (χ1) is 3.17. The Bertz CT molecular complexity index is 78.1. The summed E-state index contributed by atoms with van der Waals surface area (Å²) in [5, 5.41) is 0. The number of halogens is 2. The molecule has 2 heteroatoms. The van der Waals surface area contributed by atoms with Gasteiger partial charge >= 0.3 is 0 Å². The lowest BCUT2D eigenvalue weighted by atomic mass is 10.3. The van der Waals surface area contributed by atoms with Crippen molar-refractivity contribution >= 4 is 23.2 Å². The van der Waals surface area contributed by atoms with Crippen LogP contribution < -0.4 is 0 Å². The monoisotopic (exact) mass is 138 g/mol. The summed E-state index contributed by atoms with van der Waals surface area (Å²) in [6.45, 7) is 2.11. The van der Waals surface area contributed by atoms with Gasteiger partial charge < -0.3 is 0 Å². The van der Waals surface area contributed by atoms with Gasteiger partial charge in [-0.25, -0.2) is 0 Å². The van der Waals surface area contributed by atoms with Crippen LogP contribution in [0, 0.1) is 5.92 Å². The van der Waals surface area contributed by atoms with Gasteiger partial charge in [0.2, 0.25) is 0 Å². The Hall–Kier alpha value is 0.580. The zero-order chi connectivity index (χ0) is 5.49. The van der Waals surface area contributed by atoms with Crippen molar-refractivity contribution in [3.63, 3.8) is 0 Å². The lowest BCUT2D eigenvalue weighted by Gasteiger charge is -1.90. The molecule has 1 fully saturated rings. The van der Waals surface area contributed by atoms with Gasteiger partial charge in [-0.15, -0.1) is 23.2 Å². The standard InChI is InChI=1S/C5H8Cl2/c1-2-4-3-5(4,6)7/h4H,2-3H2,1H3/t4-/m1/s1. The zero-order valence-electron chi connectivity index (χ0n) is 4.25. The van der Waals surface area contributed by atoms with Crippen molar-refractivity contribution in [1.29, 1.82) is 0 Å². The van der Waals surface area contributed by atoms with E-state index in [4.69, 9.17) is 23.2 Å². The van der Waals surface area contributed by atoms with Crippen LogP contribution in [-0.4, -0.2) is 4.33 Å². The Morgan fingerprint density at radius 3 is 2.14 bits per heavy atom. The largest absolute Gasteiger partial charge is 0.121 e. The Morgan fingerprint density at radius 2 is 2.14 bits per heavy atom. The molecule has 0 radical (unpaired) electrons. The van der Waals surface area contributed by atoms with Crippen LogP contribution in [0.1, 0.15) is 19.8 Å². The summed E-state index contributed by atoms with van der Waals surface area (Å²) in [4.78, 5) is 0. The number of hydrogen-bond acceptors (Lipinski definition) is 0. The first kappa shape index (κ1) is 5.71. The molecule has 0 aromatic heterocycles. The maximum Gasteiger partial charge on any atom is 0.121 e. The van der Waals surface area contributed by atoms with Gasteiger partial charge in [0, 0.05) is 0 Å². The maximum atomic E-state index is 5.67. The highest BCUT2D eigenvalue weighted by atomic mass is 35.5. The lowest BCUT2D eigenvalue weighted by molar-refractivity contribution is 0.788. The summed E-state index contributed by atoms with van der Waals surface area (Å²) in [6, 6.07) is 0. The highest BCUT2D eigenvalue weighted by molar-refractivity contribution is 6.50. The SMILES string of the molecule is CC[C@@H]1CC1(Cl)Cl. The summed E-state index contributed by atoms with van der Waals surface area (Å²) in [5.41, 5.74) is 0. The quantitative estimate of drug-likeness (QED) is 0.489. The normalized spacial score (nSPS) is 35.6. The van der Waals surface area contributed by atoms with Gasteiger partial charge in [-0.1, -0.05) is 13.3 Å². The van der Waals surface area contributed by atoms with E-state index in [9.17, 15) is 0 Å². The van der Waals surface area contributed by atoms with Crippen molar-refractivity contribution in [1.82, 2.24) is 0 Å². The molecule has 0 aromatic carbocycles. The molecule has 1 aliphatic rings. The van der Waals surface area contributed by atoms with Crippen molar-refractivity contribution in [3.05, 3.63) is 0 Å². The Kier molecular flexibility index (Phi) is 1.25. The van der Waals surface area contributed by atoms with E-state index in [1.165, 1.54) is 0 Å². The van der Waals surface area contributed by atoms with Crippen LogP contribution in [0.15, 0.2) is 0 Å². The van der Waals surface area contributed by atoms with Gasteiger partial charge in [-0.3, -0.25) is 0 Å². The summed E-state index contributed by atoms with van der Waals surface area (Å²) >= 11 is 11.3. The average Bonchev–Trinajstić information content (AvgIpc) is 2.13. The second-order valence-corrected chi connectivity index (χ2v) is 3.61. The van der Waals surface area contributed by atoms with Gasteiger partial charge in [-0.05, 0) is 12.3 Å². The van der Waals surface area contributed by atoms with Crippen molar-refractivity contribution in [2.45, 2.75) is 24.1 Å². The molecule has 1 aliphatic carbocycles. The van der Waals surface area contributed by atoms with Crippen LogP contribution in [0.25, 0.3) is 0 Å². The first-order valence-corrected chi connectivity index (χ1v) is 3.30. The summed E-state index contributed by atoms with van der Waals surface area (Å²) in [5.74, 6) is 0.579. The Labute approximate surface area is 53.8 Å². The van der Waals surface area contributed by atoms with Gasteiger partial charge in [0.25, 0.3) is 0 Å². The van der Waals surface area contributed by atoms with E-state index >= 15 is 0 Å². The van der Waals surface area contributed by atoms with E-state index in [2.05, 4.69) is 6.92 Å². The van der Waals surface area contributed by atoms with Crippen LogP contribution in [0.5, 0.6) is 0 Å². The van der Waals surface area contributed by atoms with Crippen molar-refractivity contribution in [3.8, 4) is 0 Å². The molecule has 0 N–H and O–H groups in total. The molecule has 0 spiro atoms. The third kappa shape index (κ3) is 1.03. The molecule has 0 nitrogen and oxygen atoms in total. The molecule has 0 aliphatic heterocycles. The topological polar surface area (TPSA) is 0 Å². The van der Waals surface area contributed by atoms with Crippen molar-refractivity contribution in [2.24, 2.45) is 5.92 Å². The fourth-order valence-electron chi connectivity index (χ4n) is 0.713. The lowest BCUT2D eigenvalue weighted by Crippen LogP contribution is -1.85. The molecule has 0 unspecified atom stereocenters. The molecule has 0 aromatic rings. The van der Waals surface area contributed by atoms with Gasteiger partial charge in [0.1, 0.15) is 4.33 Å². The molecule has 0 heterocycles. The van der Waals surface area contributed by atoms with E-state index < -0.39 is 0 Å². The van der Waals surface area contributed by atoms with E-state index in [-0.39, 0.29) is 4.33 Å². The van der Waals surface area contributed by atoms with Gasteiger partial charge in [0.15, 0.2) is 0 Å². The molecule has 42 valence electrons. The zero-order valence-corrected chi connectivity index (χ0v) is 5.76. The van der Waals surface area contributed by atoms with Crippen molar-refractivity contribution < 1.29 is 0 Å². The third-order valence-corrected chi connectivity index (χ3v) is 2.37. The molecule has 0 amide bonds. The minimum Gasteiger partial charge on any atom is -0.101 e. The van der Waals surface area contributed by atoms with Crippen molar-refractivity contribution in [2.75, 3.05) is 0 Å². The van der Waals surface area contributed by atoms with Crippen LogP contribution in [0.3, 0.4) is 0 Å². The fraction of sp³-hybridized carbons (Fsp3) is 1.00. The van der Waals surface area contributed by atoms with Crippen LogP contribution in [0.2, 0.25) is 0 Å². The molecule has 1 atom stereocenters. The molecule has 0 bridgehead atoms.